The second-order valence-corrected chi connectivity index (χ2v) is 6.17. The molecule has 1 N–H and O–H groups in total. The highest BCUT2D eigenvalue weighted by molar-refractivity contribution is 5.79. The van der Waals surface area contributed by atoms with Crippen molar-refractivity contribution in [3.05, 3.63) is 0 Å². The summed E-state index contributed by atoms with van der Waals surface area (Å²) in [5.41, 5.74) is 0. The first-order chi connectivity index (χ1) is 8.74. The lowest BCUT2D eigenvalue weighted by Gasteiger charge is -2.38. The predicted molar refractivity (Wildman–Crippen MR) is 71.4 cm³/mol. The number of nitrogens with one attached hydrogen (secondary N) is 1. The number of amides is 1. The van der Waals surface area contributed by atoms with Gasteiger partial charge in [-0.2, -0.15) is 0 Å². The standard InChI is InChI=1S/C14H25N3O/c1-11-10-12(4-5-15-11)14(18)17-8-6-16(7-9-17)13-2-3-13/h11-13,15H,2-10H2,1H3/t11-,12-/m0/s1. The van der Waals surface area contributed by atoms with Crippen LogP contribution in [-0.4, -0.2) is 60.5 Å². The van der Waals surface area contributed by atoms with E-state index >= 15 is 0 Å². The number of carbonyl (C=O) groups is 1. The van der Waals surface area contributed by atoms with Crippen molar-refractivity contribution in [2.45, 2.75) is 44.7 Å². The second kappa shape index (κ2) is 5.17. The zero-order chi connectivity index (χ0) is 12.5. The number of piperidine rings is 1. The zero-order valence-electron chi connectivity index (χ0n) is 11.4. The van der Waals surface area contributed by atoms with Crippen molar-refractivity contribution >= 4 is 5.91 Å². The highest BCUT2D eigenvalue weighted by atomic mass is 16.2. The largest absolute Gasteiger partial charge is 0.340 e. The van der Waals surface area contributed by atoms with E-state index < -0.39 is 0 Å². The van der Waals surface area contributed by atoms with Gasteiger partial charge in [-0.1, -0.05) is 0 Å². The van der Waals surface area contributed by atoms with Gasteiger partial charge in [0, 0.05) is 44.2 Å². The molecule has 1 saturated carbocycles. The van der Waals surface area contributed by atoms with Gasteiger partial charge in [0.1, 0.15) is 0 Å². The third kappa shape index (κ3) is 2.69. The molecule has 0 bridgehead atoms. The molecule has 4 heteroatoms. The van der Waals surface area contributed by atoms with E-state index in [1.165, 1.54) is 12.8 Å². The average molecular weight is 251 g/mol. The lowest BCUT2D eigenvalue weighted by molar-refractivity contribution is -0.138. The van der Waals surface area contributed by atoms with E-state index in [-0.39, 0.29) is 5.92 Å². The van der Waals surface area contributed by atoms with Crippen LogP contribution in [0.4, 0.5) is 0 Å². The molecule has 0 aromatic carbocycles. The summed E-state index contributed by atoms with van der Waals surface area (Å²) in [5.74, 6) is 0.688. The van der Waals surface area contributed by atoms with Gasteiger partial charge in [0.2, 0.25) is 5.91 Å². The average Bonchev–Trinajstić information content (AvgIpc) is 3.22. The van der Waals surface area contributed by atoms with Crippen LogP contribution in [0, 0.1) is 5.92 Å². The maximum Gasteiger partial charge on any atom is 0.225 e. The van der Waals surface area contributed by atoms with Crippen molar-refractivity contribution in [2.24, 2.45) is 5.92 Å². The normalized spacial score (nSPS) is 34.6. The Morgan fingerprint density at radius 2 is 1.83 bits per heavy atom. The first-order valence-electron chi connectivity index (χ1n) is 7.50. The fourth-order valence-corrected chi connectivity index (χ4v) is 3.36. The van der Waals surface area contributed by atoms with Crippen LogP contribution < -0.4 is 5.32 Å². The van der Waals surface area contributed by atoms with E-state index in [0.717, 1.165) is 51.6 Å². The van der Waals surface area contributed by atoms with Gasteiger partial charge in [-0.05, 0) is 39.2 Å². The molecule has 1 aliphatic carbocycles. The van der Waals surface area contributed by atoms with Crippen LogP contribution in [0.1, 0.15) is 32.6 Å². The Balaban J connectivity index is 1.50. The van der Waals surface area contributed by atoms with Crippen LogP contribution in [0.15, 0.2) is 0 Å². The van der Waals surface area contributed by atoms with Gasteiger partial charge in [-0.25, -0.2) is 0 Å². The van der Waals surface area contributed by atoms with Gasteiger partial charge < -0.3 is 10.2 Å². The Morgan fingerprint density at radius 3 is 2.44 bits per heavy atom. The molecule has 1 amide bonds. The molecule has 0 aromatic rings. The minimum absolute atomic E-state index is 0.272. The number of nitrogens with zero attached hydrogens (tertiary/aromatic N) is 2. The molecule has 0 aromatic heterocycles. The molecular weight excluding hydrogens is 226 g/mol. The minimum Gasteiger partial charge on any atom is -0.340 e. The fourth-order valence-electron chi connectivity index (χ4n) is 3.36. The molecule has 0 spiro atoms. The Morgan fingerprint density at radius 1 is 1.11 bits per heavy atom. The molecule has 3 rings (SSSR count). The summed E-state index contributed by atoms with van der Waals surface area (Å²) in [7, 11) is 0. The third-order valence-corrected chi connectivity index (χ3v) is 4.66. The predicted octanol–water partition coefficient (Wildman–Crippen LogP) is 0.681. The molecule has 0 unspecified atom stereocenters. The van der Waals surface area contributed by atoms with Crippen molar-refractivity contribution in [2.75, 3.05) is 32.7 Å². The van der Waals surface area contributed by atoms with E-state index in [4.69, 9.17) is 0 Å². The number of rotatable bonds is 2. The van der Waals surface area contributed by atoms with Gasteiger partial charge in [0.15, 0.2) is 0 Å². The van der Waals surface area contributed by atoms with Crippen molar-refractivity contribution < 1.29 is 4.79 Å². The number of hydrogen-bond donors (Lipinski definition) is 1. The quantitative estimate of drug-likeness (QED) is 0.784. The summed E-state index contributed by atoms with van der Waals surface area (Å²) < 4.78 is 0. The molecule has 3 fully saturated rings. The van der Waals surface area contributed by atoms with Crippen LogP contribution >= 0.6 is 0 Å². The van der Waals surface area contributed by atoms with Gasteiger partial charge in [-0.15, -0.1) is 0 Å². The fraction of sp³-hybridized carbons (Fsp3) is 0.929. The van der Waals surface area contributed by atoms with Gasteiger partial charge in [-0.3, -0.25) is 9.69 Å². The number of hydrogen-bond acceptors (Lipinski definition) is 3. The summed E-state index contributed by atoms with van der Waals surface area (Å²) in [6, 6.07) is 1.35. The summed E-state index contributed by atoms with van der Waals surface area (Å²) in [4.78, 5) is 17.1. The topological polar surface area (TPSA) is 35.6 Å². The Hall–Kier alpha value is -0.610. The van der Waals surface area contributed by atoms with Gasteiger partial charge in [0.05, 0.1) is 0 Å². The van der Waals surface area contributed by atoms with E-state index in [2.05, 4.69) is 22.0 Å². The second-order valence-electron chi connectivity index (χ2n) is 6.17. The monoisotopic (exact) mass is 251 g/mol. The van der Waals surface area contributed by atoms with E-state index in [1.807, 2.05) is 0 Å². The maximum absolute atomic E-state index is 12.5. The molecule has 0 radical (unpaired) electrons. The lowest BCUT2D eigenvalue weighted by Crippen LogP contribution is -2.52. The molecule has 2 heterocycles. The van der Waals surface area contributed by atoms with E-state index in [1.54, 1.807) is 0 Å². The molecule has 4 nitrogen and oxygen atoms in total. The third-order valence-electron chi connectivity index (χ3n) is 4.66. The van der Waals surface area contributed by atoms with Crippen molar-refractivity contribution in [1.29, 1.82) is 0 Å². The van der Waals surface area contributed by atoms with Crippen molar-refractivity contribution in [1.82, 2.24) is 15.1 Å². The molecule has 3 aliphatic rings. The van der Waals surface area contributed by atoms with Crippen molar-refractivity contribution in [3.63, 3.8) is 0 Å². The van der Waals surface area contributed by atoms with E-state index in [0.29, 0.717) is 11.9 Å². The minimum atomic E-state index is 0.272. The highest BCUT2D eigenvalue weighted by Crippen LogP contribution is 2.28. The first kappa shape index (κ1) is 12.4. The molecule has 2 aliphatic heterocycles. The Kier molecular flexibility index (Phi) is 3.57. The van der Waals surface area contributed by atoms with Gasteiger partial charge in [0.25, 0.3) is 0 Å². The summed E-state index contributed by atoms with van der Waals surface area (Å²) in [6.45, 7) is 7.28. The Bertz CT molecular complexity index is 308. The van der Waals surface area contributed by atoms with Crippen LogP contribution in [0.25, 0.3) is 0 Å². The van der Waals surface area contributed by atoms with E-state index in [9.17, 15) is 4.79 Å². The van der Waals surface area contributed by atoms with Crippen LogP contribution in [0.3, 0.4) is 0 Å². The lowest BCUT2D eigenvalue weighted by atomic mass is 9.92. The number of carbonyl (C=O) groups excluding carboxylic acids is 1. The summed E-state index contributed by atoms with van der Waals surface area (Å²) in [5, 5.41) is 3.42. The SMILES string of the molecule is C[C@H]1C[C@@H](C(=O)N2CCN(C3CC3)CC2)CCN1. The van der Waals surface area contributed by atoms with Crippen LogP contribution in [-0.2, 0) is 4.79 Å². The van der Waals surface area contributed by atoms with Crippen LogP contribution in [0.5, 0.6) is 0 Å². The smallest absolute Gasteiger partial charge is 0.225 e. The molecule has 2 atom stereocenters. The molecule has 102 valence electrons. The summed E-state index contributed by atoms with van der Waals surface area (Å²) >= 11 is 0. The molecule has 2 saturated heterocycles. The first-order valence-corrected chi connectivity index (χ1v) is 7.50. The maximum atomic E-state index is 12.5. The Labute approximate surface area is 110 Å². The van der Waals surface area contributed by atoms with Crippen molar-refractivity contribution in [3.8, 4) is 0 Å². The molecular formula is C14H25N3O. The molecule has 18 heavy (non-hydrogen) atoms. The zero-order valence-corrected chi connectivity index (χ0v) is 11.4. The highest BCUT2D eigenvalue weighted by Gasteiger charge is 2.34. The van der Waals surface area contributed by atoms with Crippen LogP contribution in [0.2, 0.25) is 0 Å². The van der Waals surface area contributed by atoms with Gasteiger partial charge >= 0.3 is 0 Å². The summed E-state index contributed by atoms with van der Waals surface area (Å²) in [6.07, 6.45) is 4.78. The number of piperazine rings is 1.